The Morgan fingerprint density at radius 1 is 0.812 bits per heavy atom. The Balaban J connectivity index is 1.58. The van der Waals surface area contributed by atoms with Crippen LogP contribution in [0.25, 0.3) is 22.4 Å². The van der Waals surface area contributed by atoms with Crippen molar-refractivity contribution in [1.82, 2.24) is 9.71 Å². The van der Waals surface area contributed by atoms with E-state index in [1.165, 1.54) is 11.9 Å². The summed E-state index contributed by atoms with van der Waals surface area (Å²) in [5.74, 6) is 0.343. The molecule has 3 N–H and O–H groups in total. The zero-order chi connectivity index (χ0) is 22.3. The predicted octanol–water partition coefficient (Wildman–Crippen LogP) is 6.83. The van der Waals surface area contributed by atoms with Gasteiger partial charge in [-0.3, -0.25) is 9.71 Å². The second-order valence-electron chi connectivity index (χ2n) is 6.93. The van der Waals surface area contributed by atoms with Crippen LogP contribution in [-0.2, 0) is 6.54 Å². The summed E-state index contributed by atoms with van der Waals surface area (Å²) in [5, 5.41) is 1.37. The fourth-order valence-electron chi connectivity index (χ4n) is 3.08. The summed E-state index contributed by atoms with van der Waals surface area (Å²) >= 11 is 13.6. The lowest BCUT2D eigenvalue weighted by Gasteiger charge is -2.12. The molecule has 0 unspecified atom stereocenters. The minimum absolute atomic E-state index is 0.343. The molecule has 0 aliphatic rings. The van der Waals surface area contributed by atoms with E-state index in [0.29, 0.717) is 22.5 Å². The molecule has 0 bridgehead atoms. The van der Waals surface area contributed by atoms with Gasteiger partial charge in [0.15, 0.2) is 5.96 Å². The van der Waals surface area contributed by atoms with Crippen LogP contribution in [0.15, 0.2) is 101 Å². The number of nitrogens with two attached hydrogens (primary N) is 1. The molecule has 0 aliphatic heterocycles. The molecule has 1 heterocycles. The highest BCUT2D eigenvalue weighted by Crippen LogP contribution is 2.32. The molecule has 0 atom stereocenters. The number of halogens is 2. The van der Waals surface area contributed by atoms with Crippen molar-refractivity contribution in [3.8, 4) is 22.4 Å². The fraction of sp³-hybridized carbons (Fsp3) is 0.0400. The Kier molecular flexibility index (Phi) is 7.32. The summed E-state index contributed by atoms with van der Waals surface area (Å²) in [4.78, 5) is 10.4. The van der Waals surface area contributed by atoms with Crippen LogP contribution < -0.4 is 10.5 Å². The Labute approximate surface area is 201 Å². The van der Waals surface area contributed by atoms with E-state index in [0.717, 1.165) is 33.0 Å². The zero-order valence-electron chi connectivity index (χ0n) is 17.0. The van der Waals surface area contributed by atoms with Gasteiger partial charge in [-0.05, 0) is 60.0 Å². The minimum atomic E-state index is 0.343. The number of pyridine rings is 1. The second-order valence-corrected chi connectivity index (χ2v) is 8.68. The first-order valence-corrected chi connectivity index (χ1v) is 11.5. The highest BCUT2D eigenvalue weighted by Gasteiger charge is 2.11. The van der Waals surface area contributed by atoms with Gasteiger partial charge in [0.25, 0.3) is 0 Å². The second kappa shape index (κ2) is 10.6. The molecular formula is C25H20Cl2N4S. The van der Waals surface area contributed by atoms with Gasteiger partial charge in [0, 0.05) is 26.1 Å². The molecular weight excluding hydrogens is 459 g/mol. The van der Waals surface area contributed by atoms with Crippen LogP contribution in [0.2, 0.25) is 10.0 Å². The van der Waals surface area contributed by atoms with Gasteiger partial charge in [-0.1, -0.05) is 71.7 Å². The zero-order valence-corrected chi connectivity index (χ0v) is 19.3. The molecule has 0 saturated heterocycles. The monoisotopic (exact) mass is 478 g/mol. The third kappa shape index (κ3) is 5.82. The van der Waals surface area contributed by atoms with Gasteiger partial charge >= 0.3 is 0 Å². The van der Waals surface area contributed by atoms with Gasteiger partial charge in [-0.15, -0.1) is 0 Å². The van der Waals surface area contributed by atoms with E-state index < -0.39 is 0 Å². The van der Waals surface area contributed by atoms with Crippen molar-refractivity contribution in [3.63, 3.8) is 0 Å². The Bertz CT molecular complexity index is 1210. The molecule has 32 heavy (non-hydrogen) atoms. The van der Waals surface area contributed by atoms with Crippen LogP contribution in [0.5, 0.6) is 0 Å². The Morgan fingerprint density at radius 2 is 1.44 bits per heavy atom. The van der Waals surface area contributed by atoms with Crippen molar-refractivity contribution >= 4 is 41.1 Å². The normalized spacial score (nSPS) is 11.4. The smallest absolute Gasteiger partial charge is 0.199 e. The third-order valence-electron chi connectivity index (χ3n) is 4.65. The summed E-state index contributed by atoms with van der Waals surface area (Å²) in [6, 6.07) is 29.3. The van der Waals surface area contributed by atoms with Crippen molar-refractivity contribution in [2.45, 2.75) is 11.4 Å². The molecule has 3 aromatic carbocycles. The number of hydrogen-bond acceptors (Lipinski definition) is 3. The maximum absolute atomic E-state index is 6.09. The average Bonchev–Trinajstić information content (AvgIpc) is 2.83. The van der Waals surface area contributed by atoms with Gasteiger partial charge in [-0.2, -0.15) is 0 Å². The molecule has 160 valence electrons. The highest BCUT2D eigenvalue weighted by atomic mass is 35.5. The van der Waals surface area contributed by atoms with Crippen LogP contribution >= 0.6 is 35.1 Å². The minimum Gasteiger partial charge on any atom is -0.369 e. The highest BCUT2D eigenvalue weighted by molar-refractivity contribution is 7.98. The molecule has 4 aromatic rings. The van der Waals surface area contributed by atoms with E-state index in [4.69, 9.17) is 33.9 Å². The number of hydrogen-bond donors (Lipinski definition) is 2. The molecule has 7 heteroatoms. The van der Waals surface area contributed by atoms with E-state index in [9.17, 15) is 0 Å². The van der Waals surface area contributed by atoms with Gasteiger partial charge in [0.2, 0.25) is 0 Å². The Morgan fingerprint density at radius 3 is 2.09 bits per heavy atom. The molecule has 0 saturated carbocycles. The lowest BCUT2D eigenvalue weighted by Crippen LogP contribution is -2.25. The lowest BCUT2D eigenvalue weighted by atomic mass is 9.99. The number of nitrogens with one attached hydrogen (secondary N) is 1. The van der Waals surface area contributed by atoms with Crippen molar-refractivity contribution in [2.24, 2.45) is 10.7 Å². The molecule has 0 aliphatic carbocycles. The van der Waals surface area contributed by atoms with Crippen LogP contribution in [0.1, 0.15) is 5.69 Å². The third-order valence-corrected chi connectivity index (χ3v) is 5.98. The van der Waals surface area contributed by atoms with Crippen LogP contribution in [0.4, 0.5) is 0 Å². The number of guanidine groups is 1. The van der Waals surface area contributed by atoms with Gasteiger partial charge in [0.1, 0.15) is 0 Å². The summed E-state index contributed by atoms with van der Waals surface area (Å²) in [6.07, 6.45) is 0. The Hall–Kier alpha value is -2.99. The van der Waals surface area contributed by atoms with E-state index in [1.54, 1.807) is 0 Å². The van der Waals surface area contributed by atoms with E-state index in [1.807, 2.05) is 91.0 Å². The average molecular weight is 479 g/mol. The largest absolute Gasteiger partial charge is 0.369 e. The summed E-state index contributed by atoms with van der Waals surface area (Å²) in [5.41, 5.74) is 10.7. The van der Waals surface area contributed by atoms with Crippen LogP contribution in [-0.4, -0.2) is 10.9 Å². The van der Waals surface area contributed by atoms with Crippen LogP contribution in [0.3, 0.4) is 0 Å². The molecule has 4 rings (SSSR count). The standard InChI is InChI=1S/C25H20Cl2N4S/c26-19-10-6-17(7-11-19)23-15-14-21(30-24(23)18-8-12-20(27)13-9-18)16-29-25(28)31-32-22-4-2-1-3-5-22/h1-15H,16H2,(H3,28,29,31). The quantitative estimate of drug-likeness (QED) is 0.181. The van der Waals surface area contributed by atoms with Crippen LogP contribution in [0, 0.1) is 0 Å². The molecule has 1 aromatic heterocycles. The van der Waals surface area contributed by atoms with Gasteiger partial charge in [-0.25, -0.2) is 4.99 Å². The topological polar surface area (TPSA) is 63.3 Å². The maximum atomic E-state index is 6.09. The molecule has 0 radical (unpaired) electrons. The lowest BCUT2D eigenvalue weighted by molar-refractivity contribution is 0.982. The first-order chi connectivity index (χ1) is 15.6. The number of nitrogens with zero attached hydrogens (tertiary/aromatic N) is 2. The predicted molar refractivity (Wildman–Crippen MR) is 136 cm³/mol. The molecule has 0 amide bonds. The number of rotatable bonds is 6. The van der Waals surface area contributed by atoms with Gasteiger partial charge in [0.05, 0.1) is 17.9 Å². The van der Waals surface area contributed by atoms with Crippen molar-refractivity contribution < 1.29 is 0 Å². The van der Waals surface area contributed by atoms with Crippen molar-refractivity contribution in [3.05, 3.63) is 107 Å². The maximum Gasteiger partial charge on any atom is 0.199 e. The summed E-state index contributed by atoms with van der Waals surface area (Å²) < 4.78 is 3.05. The molecule has 0 fully saturated rings. The number of aliphatic imine (C=N–C) groups is 1. The number of benzene rings is 3. The summed E-state index contributed by atoms with van der Waals surface area (Å²) in [6.45, 7) is 0.357. The van der Waals surface area contributed by atoms with E-state index >= 15 is 0 Å². The molecule has 0 spiro atoms. The van der Waals surface area contributed by atoms with E-state index in [-0.39, 0.29) is 0 Å². The van der Waals surface area contributed by atoms with Crippen molar-refractivity contribution in [2.75, 3.05) is 0 Å². The van der Waals surface area contributed by atoms with Crippen molar-refractivity contribution in [1.29, 1.82) is 0 Å². The SMILES string of the molecule is NC(=NCc1ccc(-c2ccc(Cl)cc2)c(-c2ccc(Cl)cc2)n1)NSc1ccccc1. The fourth-order valence-corrected chi connectivity index (χ4v) is 3.91. The first kappa shape index (κ1) is 22.2. The summed E-state index contributed by atoms with van der Waals surface area (Å²) in [7, 11) is 0. The number of aromatic nitrogens is 1. The molecule has 4 nitrogen and oxygen atoms in total. The first-order valence-electron chi connectivity index (χ1n) is 9.88. The van der Waals surface area contributed by atoms with Gasteiger partial charge < -0.3 is 5.73 Å². The van der Waals surface area contributed by atoms with E-state index in [2.05, 4.69) is 9.71 Å².